The Morgan fingerprint density at radius 1 is 1.33 bits per heavy atom. The molecule has 1 amide bonds. The molecule has 0 fully saturated rings. The molecule has 116 valence electrons. The predicted molar refractivity (Wildman–Crippen MR) is 84.1 cm³/mol. The van der Waals surface area contributed by atoms with E-state index in [0.29, 0.717) is 34.4 Å². The summed E-state index contributed by atoms with van der Waals surface area (Å²) < 4.78 is 11.2. The van der Waals surface area contributed by atoms with Crippen molar-refractivity contribution in [1.82, 2.24) is 5.32 Å². The molecule has 0 atom stereocenters. The third kappa shape index (κ3) is 5.75. The normalized spacial score (nSPS) is 10.0. The van der Waals surface area contributed by atoms with Crippen molar-refractivity contribution in [3.63, 3.8) is 0 Å². The number of halogens is 1. The highest BCUT2D eigenvalue weighted by molar-refractivity contribution is 9.10. The fourth-order valence-electron chi connectivity index (χ4n) is 1.71. The highest BCUT2D eigenvalue weighted by atomic mass is 79.9. The minimum atomic E-state index is -0.191. The van der Waals surface area contributed by atoms with Crippen molar-refractivity contribution < 1.29 is 19.1 Å². The molecular formula is C15H20BrNO4. The first kappa shape index (κ1) is 17.5. The Hall–Kier alpha value is -1.56. The van der Waals surface area contributed by atoms with E-state index in [4.69, 9.17) is 9.47 Å². The molecule has 0 bridgehead atoms. The minimum absolute atomic E-state index is 0.109. The molecule has 21 heavy (non-hydrogen) atoms. The van der Waals surface area contributed by atoms with Crippen LogP contribution in [0.15, 0.2) is 16.6 Å². The van der Waals surface area contributed by atoms with Gasteiger partial charge in [0.05, 0.1) is 7.11 Å². The zero-order valence-electron chi connectivity index (χ0n) is 12.3. The van der Waals surface area contributed by atoms with Crippen molar-refractivity contribution in [2.45, 2.75) is 26.2 Å². The van der Waals surface area contributed by atoms with Crippen molar-refractivity contribution in [2.75, 3.05) is 20.3 Å². The van der Waals surface area contributed by atoms with E-state index in [2.05, 4.69) is 28.2 Å². The van der Waals surface area contributed by atoms with Gasteiger partial charge in [-0.2, -0.15) is 0 Å². The third-order valence-electron chi connectivity index (χ3n) is 2.87. The smallest absolute Gasteiger partial charge is 0.257 e. The standard InChI is InChI=1S/C15H20BrNO4/c1-3-4-5-6-17-15(19)10-21-14-7-11(9-18)12(16)8-13(14)20-2/h7-9H,3-6,10H2,1-2H3,(H,17,19). The molecule has 0 spiro atoms. The van der Waals surface area contributed by atoms with Gasteiger partial charge in [0.2, 0.25) is 0 Å². The van der Waals surface area contributed by atoms with E-state index in [1.165, 1.54) is 7.11 Å². The van der Waals surface area contributed by atoms with Gasteiger partial charge in [0.1, 0.15) is 0 Å². The van der Waals surface area contributed by atoms with Crippen LogP contribution >= 0.6 is 15.9 Å². The SMILES string of the molecule is CCCCCNC(=O)COc1cc(C=O)c(Br)cc1OC. The Bertz CT molecular complexity index is 491. The summed E-state index contributed by atoms with van der Waals surface area (Å²) in [4.78, 5) is 22.6. The average molecular weight is 358 g/mol. The van der Waals surface area contributed by atoms with Gasteiger partial charge in [0.25, 0.3) is 5.91 Å². The largest absolute Gasteiger partial charge is 0.493 e. The lowest BCUT2D eigenvalue weighted by Gasteiger charge is -2.12. The van der Waals surface area contributed by atoms with E-state index in [0.717, 1.165) is 19.3 Å². The number of rotatable bonds is 9. The van der Waals surface area contributed by atoms with Gasteiger partial charge in [0.15, 0.2) is 24.4 Å². The van der Waals surface area contributed by atoms with E-state index in [9.17, 15) is 9.59 Å². The van der Waals surface area contributed by atoms with Crippen LogP contribution in [-0.4, -0.2) is 32.5 Å². The van der Waals surface area contributed by atoms with E-state index >= 15 is 0 Å². The van der Waals surface area contributed by atoms with Crippen LogP contribution in [0.25, 0.3) is 0 Å². The van der Waals surface area contributed by atoms with Gasteiger partial charge in [0, 0.05) is 16.6 Å². The Morgan fingerprint density at radius 3 is 2.71 bits per heavy atom. The average Bonchev–Trinajstić information content (AvgIpc) is 2.49. The number of ether oxygens (including phenoxy) is 2. The molecule has 0 saturated heterocycles. The van der Waals surface area contributed by atoms with Crippen LogP contribution in [-0.2, 0) is 4.79 Å². The molecular weight excluding hydrogens is 338 g/mol. The van der Waals surface area contributed by atoms with Gasteiger partial charge in [-0.1, -0.05) is 19.8 Å². The topological polar surface area (TPSA) is 64.6 Å². The first-order valence-corrected chi connectivity index (χ1v) is 7.63. The molecule has 0 saturated carbocycles. The highest BCUT2D eigenvalue weighted by Crippen LogP contribution is 2.32. The van der Waals surface area contributed by atoms with Crippen LogP contribution in [0.2, 0.25) is 0 Å². The zero-order chi connectivity index (χ0) is 15.7. The monoisotopic (exact) mass is 357 g/mol. The first-order chi connectivity index (χ1) is 10.1. The van der Waals surface area contributed by atoms with E-state index in [1.54, 1.807) is 12.1 Å². The van der Waals surface area contributed by atoms with Crippen LogP contribution in [0.4, 0.5) is 0 Å². The third-order valence-corrected chi connectivity index (χ3v) is 3.56. The van der Waals surface area contributed by atoms with Crippen LogP contribution in [0, 0.1) is 0 Å². The Morgan fingerprint density at radius 2 is 2.10 bits per heavy atom. The van der Waals surface area contributed by atoms with Crippen LogP contribution in [0.5, 0.6) is 11.5 Å². The number of methoxy groups -OCH3 is 1. The lowest BCUT2D eigenvalue weighted by atomic mass is 10.2. The summed E-state index contributed by atoms with van der Waals surface area (Å²) in [6.07, 6.45) is 3.86. The number of hydrogen-bond acceptors (Lipinski definition) is 4. The first-order valence-electron chi connectivity index (χ1n) is 6.84. The summed E-state index contributed by atoms with van der Waals surface area (Å²) in [5.74, 6) is 0.640. The highest BCUT2D eigenvalue weighted by Gasteiger charge is 2.11. The lowest BCUT2D eigenvalue weighted by Crippen LogP contribution is -2.29. The Kier molecular flexibility index (Phi) is 7.82. The van der Waals surface area contributed by atoms with Gasteiger partial charge in [-0.15, -0.1) is 0 Å². The summed E-state index contributed by atoms with van der Waals surface area (Å²) in [7, 11) is 1.50. The summed E-state index contributed by atoms with van der Waals surface area (Å²) in [6, 6.07) is 3.18. The summed E-state index contributed by atoms with van der Waals surface area (Å²) in [6.45, 7) is 2.64. The molecule has 0 heterocycles. The van der Waals surface area contributed by atoms with Crippen molar-refractivity contribution in [2.24, 2.45) is 0 Å². The van der Waals surface area contributed by atoms with Gasteiger partial charge < -0.3 is 14.8 Å². The predicted octanol–water partition coefficient (Wildman–Crippen LogP) is 2.96. The fraction of sp³-hybridized carbons (Fsp3) is 0.467. The van der Waals surface area contributed by atoms with Crippen molar-refractivity contribution in [3.05, 3.63) is 22.2 Å². The zero-order valence-corrected chi connectivity index (χ0v) is 13.9. The van der Waals surface area contributed by atoms with Gasteiger partial charge >= 0.3 is 0 Å². The van der Waals surface area contributed by atoms with Gasteiger partial charge in [-0.3, -0.25) is 9.59 Å². The maximum Gasteiger partial charge on any atom is 0.257 e. The molecule has 1 aromatic carbocycles. The van der Waals surface area contributed by atoms with Gasteiger partial charge in [-0.05, 0) is 34.5 Å². The fourth-order valence-corrected chi connectivity index (χ4v) is 2.13. The van der Waals surface area contributed by atoms with Crippen molar-refractivity contribution in [3.8, 4) is 11.5 Å². The van der Waals surface area contributed by atoms with Crippen LogP contribution in [0.3, 0.4) is 0 Å². The van der Waals surface area contributed by atoms with Crippen molar-refractivity contribution >= 4 is 28.1 Å². The summed E-state index contributed by atoms with van der Waals surface area (Å²) in [5.41, 5.74) is 0.439. The number of carbonyl (C=O) groups is 2. The van der Waals surface area contributed by atoms with E-state index in [1.807, 2.05) is 0 Å². The maximum atomic E-state index is 11.6. The second kappa shape index (κ2) is 9.39. The second-order valence-corrected chi connectivity index (χ2v) is 5.34. The molecule has 1 aromatic rings. The van der Waals surface area contributed by atoms with E-state index in [-0.39, 0.29) is 12.5 Å². The molecule has 0 aliphatic carbocycles. The maximum absolute atomic E-state index is 11.6. The van der Waals surface area contributed by atoms with Crippen LogP contribution in [0.1, 0.15) is 36.5 Å². The number of aldehydes is 1. The molecule has 0 aromatic heterocycles. The Labute approximate surface area is 133 Å². The molecule has 1 N–H and O–H groups in total. The van der Waals surface area contributed by atoms with Gasteiger partial charge in [-0.25, -0.2) is 0 Å². The molecule has 5 nitrogen and oxygen atoms in total. The molecule has 0 aliphatic rings. The number of benzene rings is 1. The summed E-state index contributed by atoms with van der Waals surface area (Å²) in [5, 5.41) is 2.78. The second-order valence-electron chi connectivity index (χ2n) is 4.49. The molecule has 0 aliphatic heterocycles. The van der Waals surface area contributed by atoms with Crippen molar-refractivity contribution in [1.29, 1.82) is 0 Å². The van der Waals surface area contributed by atoms with E-state index < -0.39 is 0 Å². The molecule has 0 unspecified atom stereocenters. The molecule has 0 radical (unpaired) electrons. The quantitative estimate of drug-likeness (QED) is 0.545. The minimum Gasteiger partial charge on any atom is -0.493 e. The number of carbonyl (C=O) groups excluding carboxylic acids is 2. The summed E-state index contributed by atoms with van der Waals surface area (Å²) >= 11 is 3.27. The Balaban J connectivity index is 2.57. The van der Waals surface area contributed by atoms with Crippen LogP contribution < -0.4 is 14.8 Å². The number of nitrogens with one attached hydrogen (secondary N) is 1. The number of hydrogen-bond donors (Lipinski definition) is 1. The molecule has 1 rings (SSSR count). The lowest BCUT2D eigenvalue weighted by molar-refractivity contribution is -0.123. The number of amides is 1. The number of unbranched alkanes of at least 4 members (excludes halogenated alkanes) is 2. The molecule has 6 heteroatoms.